The molecule has 0 bridgehead atoms. The van der Waals surface area contributed by atoms with Crippen LogP contribution in [0.15, 0.2) is 60.0 Å². The van der Waals surface area contributed by atoms with Crippen molar-refractivity contribution in [1.29, 1.82) is 0 Å². The molecular weight excluding hydrogens is 386 g/mol. The minimum atomic E-state index is -0.974. The fourth-order valence-corrected chi connectivity index (χ4v) is 4.61. The van der Waals surface area contributed by atoms with E-state index in [1.807, 2.05) is 42.6 Å². The average Bonchev–Trinajstić information content (AvgIpc) is 3.27. The summed E-state index contributed by atoms with van der Waals surface area (Å²) in [6.45, 7) is 2.14. The second-order valence-corrected chi connectivity index (χ2v) is 8.23. The number of hydrogen-bond acceptors (Lipinski definition) is 4. The number of carbonyl (C=O) groups excluding carboxylic acids is 1. The normalized spacial score (nSPS) is 13.4. The van der Waals surface area contributed by atoms with Crippen LogP contribution in [0.3, 0.4) is 0 Å². The molecule has 6 heteroatoms. The molecule has 2 aromatic carbocycles. The molecule has 1 aromatic heterocycles. The smallest absolute Gasteiger partial charge is 0.407 e. The van der Waals surface area contributed by atoms with Gasteiger partial charge in [-0.3, -0.25) is 4.79 Å². The zero-order chi connectivity index (χ0) is 20.4. The lowest BCUT2D eigenvalue weighted by Gasteiger charge is -2.18. The minimum absolute atomic E-state index is 0.0329. The summed E-state index contributed by atoms with van der Waals surface area (Å²) in [7, 11) is 0. The Hall–Kier alpha value is -3.12. The molecule has 2 N–H and O–H groups in total. The number of carboxylic acid groups (broad SMARTS) is 1. The largest absolute Gasteiger partial charge is 0.481 e. The van der Waals surface area contributed by atoms with Crippen LogP contribution < -0.4 is 5.32 Å². The molecular formula is C23H21NO4S. The third kappa shape index (κ3) is 4.03. The number of fused-ring (bicyclic) bond motifs is 3. The first-order chi connectivity index (χ1) is 14.0. The maximum Gasteiger partial charge on any atom is 0.407 e. The molecule has 1 aliphatic rings. The van der Waals surface area contributed by atoms with E-state index in [4.69, 9.17) is 4.74 Å². The van der Waals surface area contributed by atoms with Crippen LogP contribution in [0.4, 0.5) is 4.79 Å². The molecule has 0 fully saturated rings. The second kappa shape index (κ2) is 8.09. The van der Waals surface area contributed by atoms with Gasteiger partial charge in [0.15, 0.2) is 0 Å². The molecule has 148 valence electrons. The lowest BCUT2D eigenvalue weighted by atomic mass is 9.98. The quantitative estimate of drug-likeness (QED) is 0.595. The van der Waals surface area contributed by atoms with E-state index >= 15 is 0 Å². The van der Waals surface area contributed by atoms with Gasteiger partial charge < -0.3 is 15.2 Å². The number of aryl methyl sites for hydroxylation is 1. The number of carboxylic acids is 1. The van der Waals surface area contributed by atoms with E-state index in [0.717, 1.165) is 32.7 Å². The summed E-state index contributed by atoms with van der Waals surface area (Å²) in [6, 6.07) is 17.5. The maximum absolute atomic E-state index is 12.5. The standard InChI is InChI=1S/C23H21NO4S/c1-14-10-15(13-29-14)21(11-22(25)26)24-23(27)28-12-20-18-8-4-2-6-16(18)17-7-3-5-9-19(17)20/h2-10,13,20-21H,11-12H2,1H3,(H,24,27)(H,25,26)/t21-/m0/s1. The van der Waals surface area contributed by atoms with E-state index < -0.39 is 18.1 Å². The molecule has 1 heterocycles. The van der Waals surface area contributed by atoms with Crippen molar-refractivity contribution in [2.24, 2.45) is 0 Å². The van der Waals surface area contributed by atoms with E-state index in [-0.39, 0.29) is 18.9 Å². The molecule has 0 saturated carbocycles. The molecule has 1 amide bonds. The van der Waals surface area contributed by atoms with Gasteiger partial charge in [-0.25, -0.2) is 4.79 Å². The van der Waals surface area contributed by atoms with Gasteiger partial charge in [0.25, 0.3) is 0 Å². The molecule has 4 rings (SSSR count). The number of aliphatic carboxylic acids is 1. The van der Waals surface area contributed by atoms with E-state index in [1.54, 1.807) is 0 Å². The monoisotopic (exact) mass is 407 g/mol. The summed E-state index contributed by atoms with van der Waals surface area (Å²) in [4.78, 5) is 24.8. The fourth-order valence-electron chi connectivity index (χ4n) is 3.86. The van der Waals surface area contributed by atoms with Crippen LogP contribution in [0.5, 0.6) is 0 Å². The molecule has 0 unspecified atom stereocenters. The van der Waals surface area contributed by atoms with Gasteiger partial charge in [-0.05, 0) is 46.2 Å². The van der Waals surface area contributed by atoms with Gasteiger partial charge in [0.05, 0.1) is 12.5 Å². The first-order valence-electron chi connectivity index (χ1n) is 9.41. The van der Waals surface area contributed by atoms with Crippen molar-refractivity contribution >= 4 is 23.4 Å². The Morgan fingerprint density at radius 3 is 2.28 bits per heavy atom. The predicted molar refractivity (Wildman–Crippen MR) is 112 cm³/mol. The van der Waals surface area contributed by atoms with Crippen LogP contribution in [0.25, 0.3) is 11.1 Å². The molecule has 5 nitrogen and oxygen atoms in total. The van der Waals surface area contributed by atoms with Crippen LogP contribution >= 0.6 is 11.3 Å². The number of amides is 1. The Balaban J connectivity index is 1.47. The predicted octanol–water partition coefficient (Wildman–Crippen LogP) is 5.11. The number of ether oxygens (including phenoxy) is 1. The molecule has 0 saturated heterocycles. The highest BCUT2D eigenvalue weighted by Crippen LogP contribution is 2.44. The van der Waals surface area contributed by atoms with Gasteiger partial charge in [-0.15, -0.1) is 11.3 Å². The SMILES string of the molecule is Cc1cc([C@H](CC(=O)O)NC(=O)OCC2c3ccccc3-c3ccccc32)cs1. The maximum atomic E-state index is 12.5. The summed E-state index contributed by atoms with van der Waals surface area (Å²) in [5, 5.41) is 13.8. The Bertz CT molecular complexity index is 1010. The van der Waals surface area contributed by atoms with Gasteiger partial charge in [-0.2, -0.15) is 0 Å². The number of thiophene rings is 1. The number of carbonyl (C=O) groups is 2. The Morgan fingerprint density at radius 2 is 1.72 bits per heavy atom. The highest BCUT2D eigenvalue weighted by atomic mass is 32.1. The first-order valence-corrected chi connectivity index (χ1v) is 10.3. The van der Waals surface area contributed by atoms with Crippen molar-refractivity contribution in [3.05, 3.63) is 81.5 Å². The summed E-state index contributed by atoms with van der Waals surface area (Å²) >= 11 is 1.52. The average molecular weight is 407 g/mol. The van der Waals surface area contributed by atoms with Gasteiger partial charge in [-0.1, -0.05) is 48.5 Å². The van der Waals surface area contributed by atoms with E-state index in [0.29, 0.717) is 0 Å². The zero-order valence-corrected chi connectivity index (χ0v) is 16.7. The van der Waals surface area contributed by atoms with Crippen molar-refractivity contribution in [2.45, 2.75) is 25.3 Å². The lowest BCUT2D eigenvalue weighted by molar-refractivity contribution is -0.137. The van der Waals surface area contributed by atoms with Gasteiger partial charge in [0.2, 0.25) is 0 Å². The molecule has 0 aliphatic heterocycles. The topological polar surface area (TPSA) is 75.6 Å². The van der Waals surface area contributed by atoms with Gasteiger partial charge in [0, 0.05) is 10.8 Å². The molecule has 29 heavy (non-hydrogen) atoms. The number of hydrogen-bond donors (Lipinski definition) is 2. The summed E-state index contributed by atoms with van der Waals surface area (Å²) < 4.78 is 5.54. The Labute approximate surface area is 173 Å². The van der Waals surface area contributed by atoms with Crippen molar-refractivity contribution in [3.63, 3.8) is 0 Å². The molecule has 1 atom stereocenters. The zero-order valence-electron chi connectivity index (χ0n) is 15.9. The molecule has 3 aromatic rings. The van der Waals surface area contributed by atoms with Crippen LogP contribution in [-0.4, -0.2) is 23.8 Å². The van der Waals surface area contributed by atoms with Crippen molar-refractivity contribution < 1.29 is 19.4 Å². The van der Waals surface area contributed by atoms with Gasteiger partial charge >= 0.3 is 12.1 Å². The summed E-state index contributed by atoms with van der Waals surface area (Å²) in [5.74, 6) is -1.01. The highest BCUT2D eigenvalue weighted by Gasteiger charge is 2.29. The van der Waals surface area contributed by atoms with E-state index in [1.165, 1.54) is 11.3 Å². The van der Waals surface area contributed by atoms with Crippen LogP contribution in [0, 0.1) is 6.92 Å². The first kappa shape index (κ1) is 19.2. The van der Waals surface area contributed by atoms with Crippen molar-refractivity contribution in [3.8, 4) is 11.1 Å². The minimum Gasteiger partial charge on any atom is -0.481 e. The summed E-state index contributed by atoms with van der Waals surface area (Å²) in [5.41, 5.74) is 5.38. The van der Waals surface area contributed by atoms with E-state index in [2.05, 4.69) is 29.6 Å². The molecule has 1 aliphatic carbocycles. The van der Waals surface area contributed by atoms with Crippen LogP contribution in [0.1, 0.15) is 39.9 Å². The molecule has 0 spiro atoms. The summed E-state index contributed by atoms with van der Waals surface area (Å²) in [6.07, 6.45) is -0.803. The second-order valence-electron chi connectivity index (χ2n) is 7.11. The fraction of sp³-hybridized carbons (Fsp3) is 0.217. The van der Waals surface area contributed by atoms with Crippen LogP contribution in [0.2, 0.25) is 0 Å². The molecule has 0 radical (unpaired) electrons. The van der Waals surface area contributed by atoms with Crippen molar-refractivity contribution in [2.75, 3.05) is 6.61 Å². The Morgan fingerprint density at radius 1 is 1.10 bits per heavy atom. The van der Waals surface area contributed by atoms with Gasteiger partial charge in [0.1, 0.15) is 6.61 Å². The van der Waals surface area contributed by atoms with Crippen LogP contribution in [-0.2, 0) is 9.53 Å². The number of nitrogens with one attached hydrogen (secondary N) is 1. The van der Waals surface area contributed by atoms with Crippen molar-refractivity contribution in [1.82, 2.24) is 5.32 Å². The number of alkyl carbamates (subject to hydrolysis) is 1. The number of rotatable bonds is 6. The van der Waals surface area contributed by atoms with E-state index in [9.17, 15) is 14.7 Å². The number of benzene rings is 2. The lowest BCUT2D eigenvalue weighted by Crippen LogP contribution is -2.31. The Kier molecular flexibility index (Phi) is 5.36. The highest BCUT2D eigenvalue weighted by molar-refractivity contribution is 7.10. The third-order valence-electron chi connectivity index (χ3n) is 5.17. The third-order valence-corrected chi connectivity index (χ3v) is 6.05.